The Kier molecular flexibility index (Phi) is 9.28. The van der Waals surface area contributed by atoms with Crippen LogP contribution in [0.5, 0.6) is 5.75 Å². The van der Waals surface area contributed by atoms with Gasteiger partial charge in [0.15, 0.2) is 6.04 Å². The van der Waals surface area contributed by atoms with Gasteiger partial charge in [0.1, 0.15) is 5.75 Å². The molecule has 3 N–H and O–H groups in total. The van der Waals surface area contributed by atoms with Crippen molar-refractivity contribution in [1.29, 1.82) is 0 Å². The molecule has 1 amide bonds. The van der Waals surface area contributed by atoms with Gasteiger partial charge in [-0.3, -0.25) is 4.79 Å². The zero-order chi connectivity index (χ0) is 27.3. The highest BCUT2D eigenvalue weighted by molar-refractivity contribution is 7.89. The third-order valence-electron chi connectivity index (χ3n) is 7.31. The highest BCUT2D eigenvalue weighted by Crippen LogP contribution is 2.35. The van der Waals surface area contributed by atoms with E-state index in [0.29, 0.717) is 31.1 Å². The van der Waals surface area contributed by atoms with Crippen LogP contribution in [0, 0.1) is 5.92 Å². The van der Waals surface area contributed by atoms with Crippen LogP contribution in [-0.4, -0.2) is 51.0 Å². The topological polar surface area (TPSA) is 102 Å². The minimum absolute atomic E-state index is 0.134. The van der Waals surface area contributed by atoms with Crippen molar-refractivity contribution in [1.82, 2.24) is 9.62 Å². The Bertz CT molecular complexity index is 1180. The van der Waals surface area contributed by atoms with Gasteiger partial charge in [-0.05, 0) is 68.0 Å². The fourth-order valence-corrected chi connectivity index (χ4v) is 6.24. The molecule has 1 saturated carbocycles. The summed E-state index contributed by atoms with van der Waals surface area (Å²) in [7, 11) is -4.49. The van der Waals surface area contributed by atoms with Crippen LogP contribution in [0.15, 0.2) is 53.4 Å². The van der Waals surface area contributed by atoms with Gasteiger partial charge in [-0.2, -0.15) is 13.5 Å². The smallest absolute Gasteiger partial charge is 0.298 e. The average molecular weight is 570 g/mol. The monoisotopic (exact) mass is 569 g/mol. The van der Waals surface area contributed by atoms with Gasteiger partial charge in [0, 0.05) is 29.7 Å². The number of nitrogens with two attached hydrogens (primary N) is 1. The van der Waals surface area contributed by atoms with E-state index < -0.39 is 33.5 Å². The quantitative estimate of drug-likeness (QED) is 0.456. The summed E-state index contributed by atoms with van der Waals surface area (Å²) < 4.78 is 65.8. The van der Waals surface area contributed by atoms with E-state index in [1.165, 1.54) is 60.6 Å². The maximum atomic E-state index is 15.8. The lowest BCUT2D eigenvalue weighted by Crippen LogP contribution is -2.57. The van der Waals surface area contributed by atoms with E-state index >= 15 is 8.78 Å². The number of carbonyl (C=O) groups is 1. The summed E-state index contributed by atoms with van der Waals surface area (Å²) in [6.45, 7) is 0.887. The molecule has 2 aliphatic rings. The molecule has 1 heterocycles. The summed E-state index contributed by atoms with van der Waals surface area (Å²) in [4.78, 5) is 14.3. The van der Waals surface area contributed by atoms with E-state index in [1.54, 1.807) is 0 Å². The summed E-state index contributed by atoms with van der Waals surface area (Å²) in [5.41, 5.74) is 5.37. The van der Waals surface area contributed by atoms with Gasteiger partial charge in [0.25, 0.3) is 5.92 Å². The molecular weight excluding hydrogens is 536 g/mol. The third kappa shape index (κ3) is 7.02. The molecule has 1 aliphatic heterocycles. The van der Waals surface area contributed by atoms with Gasteiger partial charge in [-0.25, -0.2) is 8.42 Å². The number of nitrogens with one attached hydrogen (secondary N) is 1. The molecule has 1 aliphatic carbocycles. The van der Waals surface area contributed by atoms with Crippen molar-refractivity contribution in [2.45, 2.75) is 67.8 Å². The summed E-state index contributed by atoms with van der Waals surface area (Å²) >= 11 is 5.85. The fraction of sp³-hybridized carbons (Fsp3) is 0.519. The Balaban J connectivity index is 1.54. The van der Waals surface area contributed by atoms with Crippen molar-refractivity contribution in [2.75, 3.05) is 19.7 Å². The zero-order valence-corrected chi connectivity index (χ0v) is 22.7. The Labute approximate surface area is 227 Å². The van der Waals surface area contributed by atoms with Gasteiger partial charge in [-0.1, -0.05) is 43.0 Å². The molecular formula is C27H34ClF2N3O4S. The lowest BCUT2D eigenvalue weighted by molar-refractivity contribution is -0.145. The molecule has 0 unspecified atom stereocenters. The molecule has 4 rings (SSSR count). The zero-order valence-electron chi connectivity index (χ0n) is 21.1. The highest BCUT2D eigenvalue weighted by atomic mass is 35.5. The van der Waals surface area contributed by atoms with Crippen LogP contribution in [0.3, 0.4) is 0 Å². The molecule has 0 radical (unpaired) electrons. The number of carbonyl (C=O) groups excluding carboxylic acids is 1. The third-order valence-corrected chi connectivity index (χ3v) is 9.00. The van der Waals surface area contributed by atoms with Crippen LogP contribution in [-0.2, 0) is 20.7 Å². The number of rotatable bonds is 9. The normalized spacial score (nSPS) is 18.8. The first-order valence-electron chi connectivity index (χ1n) is 13.0. The van der Waals surface area contributed by atoms with Crippen molar-refractivity contribution in [2.24, 2.45) is 11.7 Å². The molecule has 2 aromatic rings. The number of benzene rings is 2. The summed E-state index contributed by atoms with van der Waals surface area (Å²) in [6, 6.07) is 7.80. The van der Waals surface area contributed by atoms with E-state index in [9.17, 15) is 13.2 Å². The number of hydrogen-bond acceptors (Lipinski definition) is 5. The summed E-state index contributed by atoms with van der Waals surface area (Å²) in [5.74, 6) is -3.89. The Hall–Kier alpha value is -2.27. The van der Waals surface area contributed by atoms with Crippen molar-refractivity contribution < 1.29 is 26.7 Å². The van der Waals surface area contributed by atoms with Crippen LogP contribution in [0.2, 0.25) is 5.02 Å². The molecule has 0 bridgehead atoms. The number of sulfonamides is 1. The molecule has 7 nitrogen and oxygen atoms in total. The van der Waals surface area contributed by atoms with Crippen molar-refractivity contribution >= 4 is 27.5 Å². The molecule has 1 atom stereocenters. The van der Waals surface area contributed by atoms with Gasteiger partial charge in [0.05, 0.1) is 11.5 Å². The number of amides is 1. The fourth-order valence-electron chi connectivity index (χ4n) is 4.93. The van der Waals surface area contributed by atoms with Crippen LogP contribution >= 0.6 is 11.6 Å². The van der Waals surface area contributed by atoms with Crippen molar-refractivity contribution in [3.8, 4) is 5.75 Å². The standard InChI is InChI=1S/C27H34ClF2N3O4S/c28-21-8-6-20(7-9-21)27(29,30)25(26(34)33-16-14-22(31)15-17-33)32-38(35,36)24-12-10-23(11-13-24)37-18-19-4-2-1-3-5-19/h6-13,19,22,25,32H,1-5,14-18,31H2/t25-/m1/s1. The minimum atomic E-state index is -4.49. The molecule has 1 saturated heterocycles. The second kappa shape index (κ2) is 12.3. The molecule has 2 fully saturated rings. The largest absolute Gasteiger partial charge is 0.493 e. The predicted octanol–water partition coefficient (Wildman–Crippen LogP) is 4.69. The predicted molar refractivity (Wildman–Crippen MR) is 142 cm³/mol. The molecule has 0 spiro atoms. The van der Waals surface area contributed by atoms with E-state index in [0.717, 1.165) is 25.0 Å². The first-order valence-corrected chi connectivity index (χ1v) is 14.9. The van der Waals surface area contributed by atoms with Crippen LogP contribution in [0.4, 0.5) is 8.78 Å². The molecule has 2 aromatic carbocycles. The van der Waals surface area contributed by atoms with E-state index in [4.69, 9.17) is 22.1 Å². The van der Waals surface area contributed by atoms with Gasteiger partial charge < -0.3 is 15.4 Å². The number of nitrogens with zero attached hydrogens (tertiary/aromatic N) is 1. The van der Waals surface area contributed by atoms with Crippen LogP contribution in [0.1, 0.15) is 50.5 Å². The Morgan fingerprint density at radius 3 is 2.24 bits per heavy atom. The number of likely N-dealkylation sites (tertiary alicyclic amines) is 1. The first kappa shape index (κ1) is 28.7. The molecule has 208 valence electrons. The minimum Gasteiger partial charge on any atom is -0.493 e. The second-order valence-electron chi connectivity index (χ2n) is 10.1. The van der Waals surface area contributed by atoms with Gasteiger partial charge in [-0.15, -0.1) is 0 Å². The van der Waals surface area contributed by atoms with Gasteiger partial charge >= 0.3 is 0 Å². The molecule has 0 aromatic heterocycles. The first-order chi connectivity index (χ1) is 18.1. The molecule has 38 heavy (non-hydrogen) atoms. The Morgan fingerprint density at radius 1 is 1.03 bits per heavy atom. The highest BCUT2D eigenvalue weighted by Gasteiger charge is 2.50. The van der Waals surface area contributed by atoms with Crippen molar-refractivity contribution in [3.05, 3.63) is 59.1 Å². The number of ether oxygens (including phenoxy) is 1. The SMILES string of the molecule is NC1CCN(C(=O)[C@@H](NS(=O)(=O)c2ccc(OCC3CCCCC3)cc2)C(F)(F)c2ccc(Cl)cc2)CC1. The Morgan fingerprint density at radius 2 is 1.63 bits per heavy atom. The summed E-state index contributed by atoms with van der Waals surface area (Å²) in [5, 5.41) is 0.240. The van der Waals surface area contributed by atoms with E-state index in [-0.39, 0.29) is 29.0 Å². The molecule has 11 heteroatoms. The number of alkyl halides is 2. The summed E-state index contributed by atoms with van der Waals surface area (Å²) in [6.07, 6.45) is 6.71. The lowest BCUT2D eigenvalue weighted by atomic mass is 9.90. The second-order valence-corrected chi connectivity index (χ2v) is 12.3. The maximum Gasteiger partial charge on any atom is 0.298 e. The van der Waals surface area contributed by atoms with E-state index in [1.807, 2.05) is 4.72 Å². The van der Waals surface area contributed by atoms with Crippen molar-refractivity contribution in [3.63, 3.8) is 0 Å². The van der Waals surface area contributed by atoms with Gasteiger partial charge in [0.2, 0.25) is 15.9 Å². The average Bonchev–Trinajstić information content (AvgIpc) is 2.91. The van der Waals surface area contributed by atoms with E-state index in [2.05, 4.69) is 0 Å². The maximum absolute atomic E-state index is 15.8. The van der Waals surface area contributed by atoms with Crippen LogP contribution in [0.25, 0.3) is 0 Å². The lowest BCUT2D eigenvalue weighted by Gasteiger charge is -2.35. The number of hydrogen-bond donors (Lipinski definition) is 2. The van der Waals surface area contributed by atoms with Crippen LogP contribution < -0.4 is 15.2 Å². The number of piperidine rings is 1. The number of halogens is 3.